The zero-order valence-corrected chi connectivity index (χ0v) is 11.6. The molecule has 19 heavy (non-hydrogen) atoms. The first-order valence-corrected chi connectivity index (χ1v) is 6.19. The number of nitrogens with two attached hydrogens (primary N) is 1. The Kier molecular flexibility index (Phi) is 4.55. The maximum absolute atomic E-state index is 6.14. The van der Waals surface area contributed by atoms with Gasteiger partial charge in [-0.2, -0.15) is 0 Å². The largest absolute Gasteiger partial charge is 0.495 e. The van der Waals surface area contributed by atoms with Gasteiger partial charge in [0.2, 0.25) is 0 Å². The molecule has 0 aliphatic heterocycles. The van der Waals surface area contributed by atoms with Crippen LogP contribution in [-0.4, -0.2) is 17.1 Å². The number of nitrogens with one attached hydrogen (secondary N) is 1. The van der Waals surface area contributed by atoms with E-state index in [2.05, 4.69) is 15.4 Å². The summed E-state index contributed by atoms with van der Waals surface area (Å²) in [5.41, 5.74) is 3.77. The minimum Gasteiger partial charge on any atom is -0.495 e. The summed E-state index contributed by atoms with van der Waals surface area (Å²) in [6, 6.07) is 4.68. The normalized spacial score (nSPS) is 12.2. The van der Waals surface area contributed by atoms with E-state index in [1.54, 1.807) is 31.5 Å². The van der Waals surface area contributed by atoms with Gasteiger partial charge in [-0.15, -0.1) is 0 Å². The molecule has 0 amide bonds. The highest BCUT2D eigenvalue weighted by molar-refractivity contribution is 6.34. The van der Waals surface area contributed by atoms with E-state index in [0.717, 1.165) is 0 Å². The molecule has 2 aromatic rings. The number of nitrogens with zero attached hydrogens (tertiary/aromatic N) is 2. The van der Waals surface area contributed by atoms with Gasteiger partial charge in [0.05, 0.1) is 22.8 Å². The van der Waals surface area contributed by atoms with Crippen molar-refractivity contribution in [2.75, 3.05) is 7.11 Å². The average molecular weight is 299 g/mol. The Morgan fingerprint density at radius 2 is 2.11 bits per heavy atom. The molecule has 1 atom stereocenters. The van der Waals surface area contributed by atoms with Crippen molar-refractivity contribution in [1.29, 1.82) is 0 Å². The summed E-state index contributed by atoms with van der Waals surface area (Å²) < 4.78 is 5.26. The standard InChI is InChI=1S/C12H12Cl2N4O/c1-19-9-3-2-4-16-11(9)12(18-15)10-8(14)5-7(13)6-17-10/h2-6,12,18H,15H2,1H3. The highest BCUT2D eigenvalue weighted by Gasteiger charge is 2.22. The Labute approximate surface area is 120 Å². The quantitative estimate of drug-likeness (QED) is 0.669. The van der Waals surface area contributed by atoms with Crippen molar-refractivity contribution in [3.8, 4) is 5.75 Å². The molecule has 1 unspecified atom stereocenters. The van der Waals surface area contributed by atoms with Gasteiger partial charge < -0.3 is 4.74 Å². The summed E-state index contributed by atoms with van der Waals surface area (Å²) in [5.74, 6) is 6.19. The molecule has 2 aromatic heterocycles. The Morgan fingerprint density at radius 3 is 2.74 bits per heavy atom. The Morgan fingerprint density at radius 1 is 1.32 bits per heavy atom. The summed E-state index contributed by atoms with van der Waals surface area (Å²) in [6.45, 7) is 0. The third-order valence-corrected chi connectivity index (χ3v) is 3.08. The maximum atomic E-state index is 6.14. The number of hydrogen-bond donors (Lipinski definition) is 2. The van der Waals surface area contributed by atoms with Gasteiger partial charge in [0.1, 0.15) is 17.5 Å². The molecule has 0 fully saturated rings. The fourth-order valence-corrected chi connectivity index (χ4v) is 2.21. The molecule has 100 valence electrons. The van der Waals surface area contributed by atoms with E-state index < -0.39 is 6.04 Å². The van der Waals surface area contributed by atoms with Gasteiger partial charge in [0.25, 0.3) is 0 Å². The molecule has 7 heteroatoms. The van der Waals surface area contributed by atoms with Crippen LogP contribution < -0.4 is 16.0 Å². The lowest BCUT2D eigenvalue weighted by molar-refractivity contribution is 0.399. The van der Waals surface area contributed by atoms with Crippen molar-refractivity contribution in [2.45, 2.75) is 6.04 Å². The van der Waals surface area contributed by atoms with Crippen LogP contribution in [0, 0.1) is 0 Å². The highest BCUT2D eigenvalue weighted by Crippen LogP contribution is 2.31. The summed E-state index contributed by atoms with van der Waals surface area (Å²) in [6.07, 6.45) is 3.15. The molecular formula is C12H12Cl2N4O. The van der Waals surface area contributed by atoms with Gasteiger partial charge >= 0.3 is 0 Å². The molecule has 0 aromatic carbocycles. The predicted octanol–water partition coefficient (Wildman–Crippen LogP) is 2.34. The van der Waals surface area contributed by atoms with Crippen molar-refractivity contribution >= 4 is 23.2 Å². The first-order valence-electron chi connectivity index (χ1n) is 5.43. The smallest absolute Gasteiger partial charge is 0.142 e. The monoisotopic (exact) mass is 298 g/mol. The first-order chi connectivity index (χ1) is 9.17. The average Bonchev–Trinajstić information content (AvgIpc) is 2.42. The number of ether oxygens (including phenoxy) is 1. The van der Waals surface area contributed by atoms with Crippen LogP contribution in [0.5, 0.6) is 5.75 Å². The zero-order valence-electron chi connectivity index (χ0n) is 10.1. The second kappa shape index (κ2) is 6.16. The van der Waals surface area contributed by atoms with Crippen LogP contribution in [0.25, 0.3) is 0 Å². The first kappa shape index (κ1) is 14.0. The lowest BCUT2D eigenvalue weighted by Gasteiger charge is -2.18. The summed E-state index contributed by atoms with van der Waals surface area (Å²) >= 11 is 12.0. The minimum absolute atomic E-state index is 0.406. The Bertz CT molecular complexity index is 579. The lowest BCUT2D eigenvalue weighted by atomic mass is 10.1. The lowest BCUT2D eigenvalue weighted by Crippen LogP contribution is -2.30. The van der Waals surface area contributed by atoms with Gasteiger partial charge in [-0.3, -0.25) is 15.8 Å². The van der Waals surface area contributed by atoms with Gasteiger partial charge in [-0.05, 0) is 18.2 Å². The van der Waals surface area contributed by atoms with E-state index in [1.807, 2.05) is 0 Å². The van der Waals surface area contributed by atoms with Crippen LogP contribution in [0.15, 0.2) is 30.6 Å². The van der Waals surface area contributed by atoms with E-state index in [-0.39, 0.29) is 0 Å². The molecule has 0 saturated carbocycles. The van der Waals surface area contributed by atoms with Gasteiger partial charge in [-0.25, -0.2) is 5.43 Å². The zero-order chi connectivity index (χ0) is 13.8. The summed E-state index contributed by atoms with van der Waals surface area (Å²) in [7, 11) is 1.56. The molecule has 0 bridgehead atoms. The van der Waals surface area contributed by atoms with Crippen molar-refractivity contribution in [3.63, 3.8) is 0 Å². The van der Waals surface area contributed by atoms with E-state index in [4.69, 9.17) is 33.8 Å². The van der Waals surface area contributed by atoms with Gasteiger partial charge in [0, 0.05) is 12.4 Å². The van der Waals surface area contributed by atoms with Crippen molar-refractivity contribution in [2.24, 2.45) is 5.84 Å². The number of halogens is 2. The molecule has 2 heterocycles. The van der Waals surface area contributed by atoms with Crippen LogP contribution in [0.3, 0.4) is 0 Å². The maximum Gasteiger partial charge on any atom is 0.142 e. The third-order valence-electron chi connectivity index (χ3n) is 2.57. The van der Waals surface area contributed by atoms with Crippen LogP contribution in [-0.2, 0) is 0 Å². The molecule has 0 saturated heterocycles. The molecule has 5 nitrogen and oxygen atoms in total. The topological polar surface area (TPSA) is 73.1 Å². The molecule has 0 aliphatic carbocycles. The molecule has 3 N–H and O–H groups in total. The summed E-state index contributed by atoms with van der Waals surface area (Å²) in [4.78, 5) is 8.46. The van der Waals surface area contributed by atoms with E-state index in [9.17, 15) is 0 Å². The van der Waals surface area contributed by atoms with E-state index in [1.165, 1.54) is 6.20 Å². The highest BCUT2D eigenvalue weighted by atomic mass is 35.5. The third kappa shape index (κ3) is 2.96. The number of pyridine rings is 2. The second-order valence-electron chi connectivity index (χ2n) is 3.71. The van der Waals surface area contributed by atoms with Crippen LogP contribution >= 0.6 is 23.2 Å². The fraction of sp³-hybridized carbons (Fsp3) is 0.167. The molecule has 0 radical (unpaired) electrons. The van der Waals surface area contributed by atoms with Crippen molar-refractivity contribution < 1.29 is 4.74 Å². The van der Waals surface area contributed by atoms with E-state index in [0.29, 0.717) is 27.2 Å². The second-order valence-corrected chi connectivity index (χ2v) is 4.55. The Balaban J connectivity index is 2.50. The minimum atomic E-state index is -0.485. The van der Waals surface area contributed by atoms with E-state index >= 15 is 0 Å². The molecular weight excluding hydrogens is 287 g/mol. The molecule has 2 rings (SSSR count). The molecule has 0 spiro atoms. The fourth-order valence-electron chi connectivity index (χ4n) is 1.72. The number of hydrazine groups is 1. The van der Waals surface area contributed by atoms with Crippen LogP contribution in [0.2, 0.25) is 10.0 Å². The number of methoxy groups -OCH3 is 1. The summed E-state index contributed by atoms with van der Waals surface area (Å²) in [5, 5.41) is 0.862. The Hall–Kier alpha value is -1.40. The van der Waals surface area contributed by atoms with Crippen LogP contribution in [0.1, 0.15) is 17.4 Å². The number of rotatable bonds is 4. The van der Waals surface area contributed by atoms with Gasteiger partial charge in [-0.1, -0.05) is 23.2 Å². The van der Waals surface area contributed by atoms with Crippen molar-refractivity contribution in [1.82, 2.24) is 15.4 Å². The van der Waals surface area contributed by atoms with Crippen molar-refractivity contribution in [3.05, 3.63) is 52.0 Å². The molecule has 0 aliphatic rings. The number of aromatic nitrogens is 2. The number of hydrogen-bond acceptors (Lipinski definition) is 5. The van der Waals surface area contributed by atoms with Crippen LogP contribution in [0.4, 0.5) is 0 Å². The predicted molar refractivity (Wildman–Crippen MR) is 74.2 cm³/mol. The SMILES string of the molecule is COc1cccnc1C(NN)c1ncc(Cl)cc1Cl. The van der Waals surface area contributed by atoms with Gasteiger partial charge in [0.15, 0.2) is 0 Å².